The second-order valence-electron chi connectivity index (χ2n) is 10.6. The van der Waals surface area contributed by atoms with Gasteiger partial charge in [-0.05, 0) is 53.2 Å². The van der Waals surface area contributed by atoms with Gasteiger partial charge in [0.05, 0.1) is 0 Å². The molecule has 4 nitrogen and oxygen atoms in total. The lowest BCUT2D eigenvalue weighted by Gasteiger charge is -2.10. The highest BCUT2D eigenvalue weighted by molar-refractivity contribution is 7.26. The molecule has 1 N–H and O–H groups in total. The monoisotopic (exact) mass is 583 g/mol. The Hall–Kier alpha value is -5.65. The third-order valence-electron chi connectivity index (χ3n) is 8.07. The topological polar surface area (TPSA) is 61.7 Å². The number of hydrogen-bond acceptors (Lipinski definition) is 3. The van der Waals surface area contributed by atoms with Crippen molar-refractivity contribution in [2.24, 2.45) is 9.98 Å². The van der Waals surface area contributed by atoms with Crippen LogP contribution in [0.1, 0.15) is 11.1 Å². The lowest BCUT2D eigenvalue weighted by molar-refractivity contribution is 0.669. The average molecular weight is 584 g/mol. The Bertz CT molecular complexity index is 2420. The van der Waals surface area contributed by atoms with Crippen LogP contribution < -0.4 is 0 Å². The first-order valence-electron chi connectivity index (χ1n) is 14.3. The van der Waals surface area contributed by atoms with E-state index in [1.54, 1.807) is 0 Å². The van der Waals surface area contributed by atoms with Crippen LogP contribution in [0.2, 0.25) is 0 Å². The number of amidine groups is 2. The molecule has 2 aromatic heterocycles. The average Bonchev–Trinajstić information content (AvgIpc) is 3.66. The Morgan fingerprint density at radius 1 is 0.636 bits per heavy atom. The van der Waals surface area contributed by atoms with E-state index in [4.69, 9.17) is 9.83 Å². The number of hydrogen-bond donors (Lipinski definition) is 1. The number of nitrogens with one attached hydrogen (secondary N) is 1. The van der Waals surface area contributed by atoms with Gasteiger partial charge in [0.1, 0.15) is 11.2 Å². The highest BCUT2D eigenvalue weighted by Gasteiger charge is 2.19. The van der Waals surface area contributed by atoms with Crippen molar-refractivity contribution >= 4 is 71.8 Å². The summed E-state index contributed by atoms with van der Waals surface area (Å²) in [7, 11) is 0. The van der Waals surface area contributed by atoms with Gasteiger partial charge in [0, 0.05) is 42.1 Å². The number of aliphatic imine (C=N–C) groups is 2. The molecule has 0 saturated carbocycles. The predicted octanol–water partition coefficient (Wildman–Crippen LogP) is 10.8. The fourth-order valence-electron chi connectivity index (χ4n) is 6.05. The van der Waals surface area contributed by atoms with Gasteiger partial charge < -0.3 is 4.42 Å². The van der Waals surface area contributed by atoms with Gasteiger partial charge in [-0.1, -0.05) is 109 Å². The first-order chi connectivity index (χ1) is 21.7. The highest BCUT2D eigenvalue weighted by atomic mass is 32.1. The molecule has 2 heterocycles. The third kappa shape index (κ3) is 4.25. The molecule has 0 radical (unpaired) electrons. The zero-order chi connectivity index (χ0) is 29.6. The number of rotatable bonds is 4. The summed E-state index contributed by atoms with van der Waals surface area (Å²) in [6, 6.07) is 45.4. The second kappa shape index (κ2) is 10.6. The second-order valence-corrected chi connectivity index (χ2v) is 11.7. The van der Waals surface area contributed by atoms with Crippen molar-refractivity contribution in [1.29, 1.82) is 5.41 Å². The Balaban J connectivity index is 1.33. The van der Waals surface area contributed by atoms with Gasteiger partial charge in [-0.3, -0.25) is 5.41 Å². The van der Waals surface area contributed by atoms with E-state index in [1.807, 2.05) is 65.9 Å². The molecule has 0 bridgehead atoms. The van der Waals surface area contributed by atoms with Crippen molar-refractivity contribution in [3.8, 4) is 22.3 Å². The molecule has 5 heteroatoms. The van der Waals surface area contributed by atoms with Gasteiger partial charge in [0.15, 0.2) is 11.7 Å². The van der Waals surface area contributed by atoms with E-state index in [9.17, 15) is 0 Å². The molecule has 208 valence electrons. The molecule has 0 saturated heterocycles. The fraction of sp³-hybridized carbons (Fsp3) is 0. The zero-order valence-electron chi connectivity index (χ0n) is 23.6. The molecule has 0 aliphatic heterocycles. The van der Waals surface area contributed by atoms with Crippen molar-refractivity contribution < 1.29 is 4.42 Å². The summed E-state index contributed by atoms with van der Waals surface area (Å²) in [6.45, 7) is 3.70. The fourth-order valence-corrected chi connectivity index (χ4v) is 7.31. The molecule has 6 aromatic carbocycles. The molecule has 0 spiro atoms. The van der Waals surface area contributed by atoms with Gasteiger partial charge in [-0.2, -0.15) is 0 Å². The Morgan fingerprint density at radius 2 is 1.39 bits per heavy atom. The summed E-state index contributed by atoms with van der Waals surface area (Å²) in [5, 5.41) is 13.3. The van der Waals surface area contributed by atoms with Crippen LogP contribution in [0.3, 0.4) is 0 Å². The summed E-state index contributed by atoms with van der Waals surface area (Å²) in [4.78, 5) is 8.71. The molecule has 0 aliphatic carbocycles. The standard InChI is InChI=1S/C39H25N3OS/c1-41-39(25-13-6-3-7-14-25)42-38(40)30-16-10-17-33-35(30)31-23-26(19-22-32(31)43-33)27-20-21-28(24-11-4-2-5-12-24)37-36(27)29-15-8-9-18-34(29)44-37/h2-23,40H,1H2. The van der Waals surface area contributed by atoms with Crippen LogP contribution in [0.25, 0.3) is 64.4 Å². The molecular formula is C39H25N3OS. The van der Waals surface area contributed by atoms with Gasteiger partial charge in [-0.25, -0.2) is 9.98 Å². The summed E-state index contributed by atoms with van der Waals surface area (Å²) in [6.07, 6.45) is 0. The van der Waals surface area contributed by atoms with Crippen LogP contribution >= 0.6 is 11.3 Å². The largest absolute Gasteiger partial charge is 0.456 e. The molecular weight excluding hydrogens is 559 g/mol. The number of fused-ring (bicyclic) bond motifs is 6. The van der Waals surface area contributed by atoms with Crippen LogP contribution in [-0.4, -0.2) is 18.4 Å². The van der Waals surface area contributed by atoms with Crippen molar-refractivity contribution in [3.05, 3.63) is 145 Å². The minimum atomic E-state index is 0.105. The van der Waals surface area contributed by atoms with Crippen molar-refractivity contribution in [3.63, 3.8) is 0 Å². The van der Waals surface area contributed by atoms with Crippen LogP contribution in [0.5, 0.6) is 0 Å². The van der Waals surface area contributed by atoms with Crippen molar-refractivity contribution in [2.45, 2.75) is 0 Å². The molecule has 0 amide bonds. The van der Waals surface area contributed by atoms with E-state index >= 15 is 0 Å². The Morgan fingerprint density at radius 3 is 2.20 bits per heavy atom. The maximum absolute atomic E-state index is 8.99. The van der Waals surface area contributed by atoms with Crippen LogP contribution in [-0.2, 0) is 0 Å². The van der Waals surface area contributed by atoms with Gasteiger partial charge in [0.25, 0.3) is 0 Å². The van der Waals surface area contributed by atoms with Gasteiger partial charge >= 0.3 is 0 Å². The first kappa shape index (κ1) is 26.0. The summed E-state index contributed by atoms with van der Waals surface area (Å²) in [5.74, 6) is 0.514. The maximum atomic E-state index is 8.99. The van der Waals surface area contributed by atoms with Crippen LogP contribution in [0.15, 0.2) is 148 Å². The lowest BCUT2D eigenvalue weighted by Crippen LogP contribution is -2.03. The zero-order valence-corrected chi connectivity index (χ0v) is 24.4. The number of nitrogens with zero attached hydrogens (tertiary/aromatic N) is 2. The highest BCUT2D eigenvalue weighted by Crippen LogP contribution is 2.45. The summed E-state index contributed by atoms with van der Waals surface area (Å²) in [5.41, 5.74) is 7.68. The first-order valence-corrected chi connectivity index (χ1v) is 15.2. The van der Waals surface area contributed by atoms with Crippen LogP contribution in [0.4, 0.5) is 0 Å². The van der Waals surface area contributed by atoms with Crippen molar-refractivity contribution in [1.82, 2.24) is 0 Å². The summed E-state index contributed by atoms with van der Waals surface area (Å²) >= 11 is 1.84. The molecule has 8 aromatic rings. The maximum Gasteiger partial charge on any atom is 0.161 e. The minimum Gasteiger partial charge on any atom is -0.456 e. The van der Waals surface area contributed by atoms with Crippen molar-refractivity contribution in [2.75, 3.05) is 0 Å². The van der Waals surface area contributed by atoms with E-state index in [0.717, 1.165) is 27.5 Å². The SMILES string of the molecule is C=NC(=NC(=N)c1cccc2oc3ccc(-c4ccc(-c5ccccc5)c5sc6ccccc6c45)cc3c12)c1ccccc1. The van der Waals surface area contributed by atoms with Gasteiger partial charge in [0.2, 0.25) is 0 Å². The summed E-state index contributed by atoms with van der Waals surface area (Å²) < 4.78 is 8.83. The smallest absolute Gasteiger partial charge is 0.161 e. The Labute approximate surface area is 257 Å². The molecule has 8 rings (SSSR count). The molecule has 0 atom stereocenters. The number of furan rings is 1. The quantitative estimate of drug-likeness (QED) is 0.163. The Kier molecular flexibility index (Phi) is 6.25. The molecule has 0 unspecified atom stereocenters. The van der Waals surface area contributed by atoms with E-state index in [0.29, 0.717) is 17.0 Å². The number of thiophene rings is 1. The third-order valence-corrected chi connectivity index (χ3v) is 9.28. The van der Waals surface area contributed by atoms with E-state index in [-0.39, 0.29) is 5.84 Å². The normalized spacial score (nSPS) is 12.0. The van der Waals surface area contributed by atoms with E-state index < -0.39 is 0 Å². The molecule has 0 aliphatic rings. The van der Waals surface area contributed by atoms with Crippen LogP contribution in [0, 0.1) is 5.41 Å². The van der Waals surface area contributed by atoms with Gasteiger partial charge in [-0.15, -0.1) is 11.3 Å². The number of benzene rings is 6. The molecule has 0 fully saturated rings. The molecule has 44 heavy (non-hydrogen) atoms. The lowest BCUT2D eigenvalue weighted by atomic mass is 9.94. The minimum absolute atomic E-state index is 0.105. The van der Waals surface area contributed by atoms with E-state index in [1.165, 1.54) is 36.9 Å². The van der Waals surface area contributed by atoms with E-state index in [2.05, 4.69) is 95.6 Å². The predicted molar refractivity (Wildman–Crippen MR) is 187 cm³/mol.